The number of hydrogen-bond acceptors (Lipinski definition) is 5. The van der Waals surface area contributed by atoms with Gasteiger partial charge in [0.15, 0.2) is 16.9 Å². The van der Waals surface area contributed by atoms with Gasteiger partial charge < -0.3 is 12.5 Å². The van der Waals surface area contributed by atoms with Crippen molar-refractivity contribution in [1.82, 2.24) is 13.3 Å². The molecule has 0 aliphatic rings. The van der Waals surface area contributed by atoms with Crippen molar-refractivity contribution >= 4 is 22.9 Å². The van der Waals surface area contributed by atoms with Crippen LogP contribution in [-0.4, -0.2) is 18.4 Å². The van der Waals surface area contributed by atoms with Crippen LogP contribution in [0.5, 0.6) is 5.75 Å². The molecule has 0 bridgehead atoms. The molecular weight excluding hydrogens is 399 g/mol. The fourth-order valence-corrected chi connectivity index (χ4v) is 2.90. The van der Waals surface area contributed by atoms with E-state index in [9.17, 15) is 9.90 Å². The molecule has 0 fully saturated rings. The van der Waals surface area contributed by atoms with Crippen molar-refractivity contribution in [2.24, 2.45) is 0 Å². The van der Waals surface area contributed by atoms with Crippen LogP contribution >= 0.6 is 11.7 Å². The summed E-state index contributed by atoms with van der Waals surface area (Å²) in [5.74, 6) is -0.0854. The van der Waals surface area contributed by atoms with E-state index in [1.54, 1.807) is 4.57 Å². The summed E-state index contributed by atoms with van der Waals surface area (Å²) in [5.41, 5.74) is 2.55. The van der Waals surface area contributed by atoms with E-state index in [4.69, 9.17) is 0 Å². The number of benzene rings is 1. The van der Waals surface area contributed by atoms with Gasteiger partial charge in [-0.2, -0.15) is 8.75 Å². The standard InChI is InChI=1S/C14H13N3O2S.C2H6.CH3.Y/c1-3-17-13-11(15-20-16-13)12(18)10(14(17)19)9-7-5-4-6-8(9)2;1-2;;/h4-7,18H,3H2,1-2H3;1-2H3;1H3;/q;;-1;. The number of pyridine rings is 1. The summed E-state index contributed by atoms with van der Waals surface area (Å²) in [6.07, 6.45) is 0. The number of hydrogen-bond donors (Lipinski definition) is 1. The summed E-state index contributed by atoms with van der Waals surface area (Å²) < 4.78 is 9.75. The van der Waals surface area contributed by atoms with Crippen LogP contribution in [0.3, 0.4) is 0 Å². The number of aromatic hydroxyl groups is 1. The van der Waals surface area contributed by atoms with Crippen LogP contribution in [0, 0.1) is 14.4 Å². The van der Waals surface area contributed by atoms with Crippen molar-refractivity contribution < 1.29 is 37.8 Å². The summed E-state index contributed by atoms with van der Waals surface area (Å²) >= 11 is 0.994. The monoisotopic (exact) mass is 421 g/mol. The molecule has 0 atom stereocenters. The van der Waals surface area contributed by atoms with Gasteiger partial charge in [0.25, 0.3) is 5.56 Å². The molecule has 5 nitrogen and oxygen atoms in total. The number of aromatic nitrogens is 3. The maximum atomic E-state index is 12.6. The molecule has 0 aliphatic heterocycles. The van der Waals surface area contributed by atoms with Crippen molar-refractivity contribution in [1.29, 1.82) is 0 Å². The number of rotatable bonds is 2. The average molecular weight is 421 g/mol. The predicted octanol–water partition coefficient (Wildman–Crippen LogP) is 4.03. The Bertz CT molecular complexity index is 859. The van der Waals surface area contributed by atoms with Crippen LogP contribution in [0.15, 0.2) is 29.1 Å². The van der Waals surface area contributed by atoms with Gasteiger partial charge in [-0.25, -0.2) is 0 Å². The van der Waals surface area contributed by atoms with Gasteiger partial charge in [0.2, 0.25) is 0 Å². The summed E-state index contributed by atoms with van der Waals surface area (Å²) in [4.78, 5) is 12.6. The zero-order valence-electron chi connectivity index (χ0n) is 14.7. The van der Waals surface area contributed by atoms with Crippen LogP contribution in [-0.2, 0) is 39.3 Å². The fraction of sp³-hybridized carbons (Fsp3) is 0.294. The topological polar surface area (TPSA) is 68.0 Å². The molecule has 127 valence electrons. The fourth-order valence-electron chi connectivity index (χ4n) is 2.35. The molecule has 0 spiro atoms. The molecular formula is C17H22N3O2SY-. The third kappa shape index (κ3) is 3.93. The molecule has 0 unspecified atom stereocenters. The Hall–Kier alpha value is -1.11. The first-order valence-corrected chi connectivity index (χ1v) is 8.02. The van der Waals surface area contributed by atoms with E-state index in [-0.39, 0.29) is 51.4 Å². The minimum Gasteiger partial charge on any atom is -0.505 e. The van der Waals surface area contributed by atoms with Crippen molar-refractivity contribution in [2.45, 2.75) is 34.2 Å². The van der Waals surface area contributed by atoms with E-state index < -0.39 is 0 Å². The third-order valence-corrected chi connectivity index (χ3v) is 3.90. The maximum absolute atomic E-state index is 12.6. The first-order chi connectivity index (χ1) is 10.6. The number of aryl methyl sites for hydroxylation is 2. The number of nitrogens with zero attached hydrogens (tertiary/aromatic N) is 3. The van der Waals surface area contributed by atoms with Crippen molar-refractivity contribution in [3.8, 4) is 16.9 Å². The summed E-state index contributed by atoms with van der Waals surface area (Å²) in [6, 6.07) is 7.49. The van der Waals surface area contributed by atoms with E-state index >= 15 is 0 Å². The molecule has 0 aliphatic carbocycles. The van der Waals surface area contributed by atoms with E-state index in [0.29, 0.717) is 23.3 Å². The molecule has 1 radical (unpaired) electrons. The average Bonchev–Trinajstić information content (AvgIpc) is 3.01. The van der Waals surface area contributed by atoms with Gasteiger partial charge in [-0.1, -0.05) is 38.1 Å². The SMILES string of the molecule is CC.CCn1c(=O)c(-c2ccccc2C)c(O)c2nsnc21.[CH3-].[Y]. The van der Waals surface area contributed by atoms with Crippen LogP contribution < -0.4 is 5.56 Å². The van der Waals surface area contributed by atoms with Gasteiger partial charge in [0.1, 0.15) is 0 Å². The first kappa shape index (κ1) is 22.9. The Morgan fingerprint density at radius 1 is 1.21 bits per heavy atom. The van der Waals surface area contributed by atoms with E-state index in [1.807, 2.05) is 52.0 Å². The molecule has 3 rings (SSSR count). The van der Waals surface area contributed by atoms with Gasteiger partial charge in [-0.3, -0.25) is 9.36 Å². The van der Waals surface area contributed by atoms with Crippen LogP contribution in [0.2, 0.25) is 0 Å². The molecule has 2 heterocycles. The van der Waals surface area contributed by atoms with Gasteiger partial charge >= 0.3 is 0 Å². The van der Waals surface area contributed by atoms with Gasteiger partial charge in [0.05, 0.1) is 17.3 Å². The summed E-state index contributed by atoms with van der Waals surface area (Å²) in [6.45, 7) is 8.27. The maximum Gasteiger partial charge on any atom is 0.263 e. The normalized spacial score (nSPS) is 9.50. The predicted molar refractivity (Wildman–Crippen MR) is 96.9 cm³/mol. The minimum absolute atomic E-state index is 0. The van der Waals surface area contributed by atoms with Gasteiger partial charge in [0, 0.05) is 39.3 Å². The summed E-state index contributed by atoms with van der Waals surface area (Å²) in [5, 5.41) is 10.4. The van der Waals surface area contributed by atoms with E-state index in [2.05, 4.69) is 8.75 Å². The number of fused-ring (bicyclic) bond motifs is 1. The molecule has 24 heavy (non-hydrogen) atoms. The van der Waals surface area contributed by atoms with E-state index in [0.717, 1.165) is 22.9 Å². The van der Waals surface area contributed by atoms with Crippen LogP contribution in [0.4, 0.5) is 0 Å². The molecule has 2 aromatic heterocycles. The Kier molecular flexibility index (Phi) is 9.55. The molecule has 0 saturated heterocycles. The second kappa shape index (κ2) is 10.0. The molecule has 3 aromatic rings. The van der Waals surface area contributed by atoms with Crippen molar-refractivity contribution in [3.63, 3.8) is 0 Å². The molecule has 0 saturated carbocycles. The Morgan fingerprint density at radius 3 is 2.42 bits per heavy atom. The molecule has 1 aromatic carbocycles. The van der Waals surface area contributed by atoms with E-state index in [1.165, 1.54) is 0 Å². The van der Waals surface area contributed by atoms with Crippen LogP contribution in [0.25, 0.3) is 22.3 Å². The minimum atomic E-state index is -0.237. The third-order valence-electron chi connectivity index (χ3n) is 3.38. The quantitative estimate of drug-likeness (QED) is 0.635. The second-order valence-corrected chi connectivity index (χ2v) is 5.05. The summed E-state index contributed by atoms with van der Waals surface area (Å²) in [7, 11) is 0. The van der Waals surface area contributed by atoms with Crippen molar-refractivity contribution in [3.05, 3.63) is 47.6 Å². The Morgan fingerprint density at radius 2 is 1.83 bits per heavy atom. The first-order valence-electron chi connectivity index (χ1n) is 7.29. The van der Waals surface area contributed by atoms with Gasteiger partial charge in [-0.15, -0.1) is 0 Å². The zero-order chi connectivity index (χ0) is 16.3. The Labute approximate surface area is 172 Å². The smallest absolute Gasteiger partial charge is 0.263 e. The van der Waals surface area contributed by atoms with Crippen LogP contribution in [0.1, 0.15) is 26.3 Å². The van der Waals surface area contributed by atoms with Crippen molar-refractivity contribution in [2.75, 3.05) is 0 Å². The molecule has 0 amide bonds. The molecule has 1 N–H and O–H groups in total. The second-order valence-electron chi connectivity index (χ2n) is 4.52. The Balaban J connectivity index is 0.00000128. The van der Waals surface area contributed by atoms with Gasteiger partial charge in [-0.05, 0) is 25.0 Å². The zero-order valence-corrected chi connectivity index (χ0v) is 18.4. The molecule has 7 heteroatoms. The largest absolute Gasteiger partial charge is 0.505 e.